The van der Waals surface area contributed by atoms with E-state index in [1.807, 2.05) is 11.3 Å². The lowest BCUT2D eigenvalue weighted by Gasteiger charge is -2.51. The molecule has 0 saturated carbocycles. The molecule has 0 bridgehead atoms. The molecule has 0 N–H and O–H groups in total. The highest BCUT2D eigenvalue weighted by atomic mass is 32.1. The Kier molecular flexibility index (Phi) is 8.91. The summed E-state index contributed by atoms with van der Waals surface area (Å²) >= 11 is 1.97. The molecular weight excluding hydrogens is 906 g/mol. The van der Waals surface area contributed by atoms with Crippen LogP contribution in [0.4, 0.5) is 45.5 Å². The van der Waals surface area contributed by atoms with Gasteiger partial charge in [-0.15, -0.1) is 11.3 Å². The molecule has 3 nitrogen and oxygen atoms in total. The van der Waals surface area contributed by atoms with Crippen LogP contribution in [0.5, 0.6) is 0 Å². The Labute approximate surface area is 426 Å². The molecule has 6 heteroatoms. The summed E-state index contributed by atoms with van der Waals surface area (Å²) in [6.45, 7) is 6.86. The van der Waals surface area contributed by atoms with Crippen LogP contribution in [-0.4, -0.2) is 14.9 Å². The number of hydrogen-bond acceptors (Lipinski definition) is 4. The van der Waals surface area contributed by atoms with Gasteiger partial charge < -0.3 is 14.6 Å². The standard InChI is InChI=1S/C66H48BN3SSi/c1-66(2,3)44-38-39-54(52(40-44)43-22-7-4-8-23-43)69-56-42-47(68(45-24-9-5-10-25-45)46-26-11-6-12-27-46)41-53-50-31-21-37-61-63(50)70(67(62(53)56)65-64(69)51-30-13-17-33-57(51)71-65)55-32-16-20-36-60(55)72(61)58-34-18-14-28-48(58)49-29-15-19-35-59(49)72/h4-42H,1-3H3. The van der Waals surface area contributed by atoms with Crippen molar-refractivity contribution >= 4 is 113 Å². The van der Waals surface area contributed by atoms with Crippen molar-refractivity contribution in [3.05, 3.63) is 242 Å². The van der Waals surface area contributed by atoms with E-state index in [1.54, 1.807) is 0 Å². The number of nitrogens with zero attached hydrogens (tertiary/aromatic N) is 3. The van der Waals surface area contributed by atoms with Crippen LogP contribution < -0.4 is 45.6 Å². The maximum atomic E-state index is 2.80. The minimum absolute atomic E-state index is 0.0513. The van der Waals surface area contributed by atoms with Crippen LogP contribution in [0.2, 0.25) is 0 Å². The maximum absolute atomic E-state index is 2.87. The molecule has 1 spiro atoms. The van der Waals surface area contributed by atoms with Gasteiger partial charge in [-0.1, -0.05) is 197 Å². The van der Waals surface area contributed by atoms with E-state index in [4.69, 9.17) is 0 Å². The van der Waals surface area contributed by atoms with Gasteiger partial charge in [-0.3, -0.25) is 0 Å². The average molecular weight is 954 g/mol. The van der Waals surface area contributed by atoms with Gasteiger partial charge in [0.2, 0.25) is 0 Å². The molecule has 0 atom stereocenters. The molecule has 11 aromatic rings. The third kappa shape index (κ3) is 5.68. The molecule has 0 aliphatic carbocycles. The van der Waals surface area contributed by atoms with Crippen molar-refractivity contribution in [1.29, 1.82) is 0 Å². The van der Waals surface area contributed by atoms with Crippen molar-refractivity contribution in [3.8, 4) is 33.4 Å². The maximum Gasteiger partial charge on any atom is 0.343 e. The number of para-hydroxylation sites is 4. The van der Waals surface area contributed by atoms with Crippen molar-refractivity contribution in [1.82, 2.24) is 0 Å². The van der Waals surface area contributed by atoms with Crippen molar-refractivity contribution in [2.24, 2.45) is 0 Å². The first-order valence-corrected chi connectivity index (χ1v) is 28.0. The number of fused-ring (bicyclic) bond motifs is 15. The second kappa shape index (κ2) is 15.4. The predicted molar refractivity (Wildman–Crippen MR) is 311 cm³/mol. The van der Waals surface area contributed by atoms with Crippen molar-refractivity contribution in [3.63, 3.8) is 0 Å². The number of anilines is 8. The second-order valence-electron chi connectivity index (χ2n) is 20.8. The molecular formula is C66H48BN3SSi. The fourth-order valence-electron chi connectivity index (χ4n) is 13.0. The summed E-state index contributed by atoms with van der Waals surface area (Å²) in [5.74, 6) is 0. The average Bonchev–Trinajstić information content (AvgIpc) is 3.95. The molecule has 1 aromatic heterocycles. The highest BCUT2D eigenvalue weighted by molar-refractivity contribution is 7.33. The van der Waals surface area contributed by atoms with Crippen LogP contribution in [0.25, 0.3) is 43.5 Å². The zero-order valence-electron chi connectivity index (χ0n) is 40.3. The molecule has 15 rings (SSSR count). The van der Waals surface area contributed by atoms with Crippen LogP contribution in [0.3, 0.4) is 0 Å². The van der Waals surface area contributed by atoms with Gasteiger partial charge in [0.1, 0.15) is 0 Å². The van der Waals surface area contributed by atoms with Gasteiger partial charge in [0.25, 0.3) is 0 Å². The molecule has 0 amide bonds. The van der Waals surface area contributed by atoms with Crippen LogP contribution in [0.1, 0.15) is 26.3 Å². The molecule has 340 valence electrons. The van der Waals surface area contributed by atoms with E-state index in [1.165, 1.54) is 108 Å². The monoisotopic (exact) mass is 953 g/mol. The van der Waals surface area contributed by atoms with E-state index in [9.17, 15) is 0 Å². The fourth-order valence-corrected chi connectivity index (χ4v) is 19.8. The normalized spacial score (nSPS) is 14.1. The minimum atomic E-state index is -2.87. The van der Waals surface area contributed by atoms with E-state index in [0.29, 0.717) is 0 Å². The number of benzene rings is 10. The number of hydrogen-bond donors (Lipinski definition) is 0. The predicted octanol–water partition coefficient (Wildman–Crippen LogP) is 13.7. The third-order valence-corrected chi connectivity index (χ3v) is 22.1. The van der Waals surface area contributed by atoms with E-state index in [0.717, 1.165) is 17.1 Å². The highest BCUT2D eigenvalue weighted by Crippen LogP contribution is 2.54. The summed E-state index contributed by atoms with van der Waals surface area (Å²) in [6.07, 6.45) is 0. The second-order valence-corrected chi connectivity index (χ2v) is 25.5. The molecule has 4 aliphatic heterocycles. The zero-order chi connectivity index (χ0) is 47.9. The lowest BCUT2D eigenvalue weighted by Crippen LogP contribution is -2.78. The molecule has 5 heterocycles. The third-order valence-electron chi connectivity index (χ3n) is 15.9. The smallest absolute Gasteiger partial charge is 0.343 e. The molecule has 0 radical (unpaired) electrons. The first kappa shape index (κ1) is 41.6. The summed E-state index contributed by atoms with van der Waals surface area (Å²) in [7, 11) is -2.87. The topological polar surface area (TPSA) is 9.72 Å². The van der Waals surface area contributed by atoms with Gasteiger partial charge in [-0.2, -0.15) is 0 Å². The number of thiophene rings is 1. The van der Waals surface area contributed by atoms with Gasteiger partial charge in [-0.05, 0) is 120 Å². The lowest BCUT2D eigenvalue weighted by molar-refractivity contribution is 0.590. The van der Waals surface area contributed by atoms with Gasteiger partial charge in [0.15, 0.2) is 8.07 Å². The Morgan fingerprint density at radius 1 is 0.431 bits per heavy atom. The quantitative estimate of drug-likeness (QED) is 0.159. The van der Waals surface area contributed by atoms with Gasteiger partial charge in [0.05, 0.1) is 11.4 Å². The molecule has 0 unspecified atom stereocenters. The molecule has 0 saturated heterocycles. The Hall–Kier alpha value is -8.16. The molecule has 10 aromatic carbocycles. The Bertz CT molecular complexity index is 3930. The Morgan fingerprint density at radius 2 is 1.01 bits per heavy atom. The molecule has 4 aliphatic rings. The molecule has 72 heavy (non-hydrogen) atoms. The first-order chi connectivity index (χ1) is 35.4. The Balaban J connectivity index is 1.12. The Morgan fingerprint density at radius 3 is 1.71 bits per heavy atom. The van der Waals surface area contributed by atoms with Crippen molar-refractivity contribution < 1.29 is 0 Å². The summed E-state index contributed by atoms with van der Waals surface area (Å²) in [5.41, 5.74) is 19.9. The van der Waals surface area contributed by atoms with Crippen molar-refractivity contribution in [2.75, 3.05) is 14.6 Å². The van der Waals surface area contributed by atoms with Gasteiger partial charge in [-0.25, -0.2) is 0 Å². The number of rotatable bonds is 5. The largest absolute Gasteiger partial charge is 0.376 e. The minimum Gasteiger partial charge on any atom is -0.376 e. The van der Waals surface area contributed by atoms with Gasteiger partial charge in [0, 0.05) is 60.1 Å². The zero-order valence-corrected chi connectivity index (χ0v) is 42.2. The van der Waals surface area contributed by atoms with Gasteiger partial charge >= 0.3 is 6.85 Å². The van der Waals surface area contributed by atoms with Crippen LogP contribution in [0, 0.1) is 0 Å². The fraction of sp³-hybridized carbons (Fsp3) is 0.0606. The molecule has 0 fully saturated rings. The van der Waals surface area contributed by atoms with E-state index in [-0.39, 0.29) is 12.3 Å². The summed E-state index contributed by atoms with van der Waals surface area (Å²) in [6, 6.07) is 89.8. The SMILES string of the molecule is CC(C)(C)c1ccc(N2c3cc(N(c4ccccc4)c4ccccc4)cc4c3B(c3sc5ccccc5c32)N2c3ccccc3[Si]3(c5ccccc5-c5ccccc53)c3cccc-4c32)c(-c2ccccc2)c1. The van der Waals surface area contributed by atoms with Crippen LogP contribution in [0.15, 0.2) is 237 Å². The van der Waals surface area contributed by atoms with Crippen molar-refractivity contribution in [2.45, 2.75) is 26.2 Å². The first-order valence-electron chi connectivity index (χ1n) is 25.2. The van der Waals surface area contributed by atoms with Crippen LogP contribution in [-0.2, 0) is 5.41 Å². The highest BCUT2D eigenvalue weighted by Gasteiger charge is 2.58. The summed E-state index contributed by atoms with van der Waals surface area (Å²) in [4.78, 5) is 7.93. The van der Waals surface area contributed by atoms with E-state index < -0.39 is 8.07 Å². The summed E-state index contributed by atoms with van der Waals surface area (Å²) in [5, 5.41) is 7.16. The van der Waals surface area contributed by atoms with E-state index in [2.05, 4.69) is 272 Å². The van der Waals surface area contributed by atoms with E-state index >= 15 is 0 Å². The summed E-state index contributed by atoms with van der Waals surface area (Å²) < 4.78 is 2.65. The van der Waals surface area contributed by atoms with Crippen LogP contribution >= 0.6 is 11.3 Å². The lowest BCUT2D eigenvalue weighted by atomic mass is 9.46.